The first kappa shape index (κ1) is 11.7. The van der Waals surface area contributed by atoms with Crippen molar-refractivity contribution in [1.29, 1.82) is 0 Å². The van der Waals surface area contributed by atoms with Crippen LogP contribution < -0.4 is 5.73 Å². The Bertz CT molecular complexity index is 152. The Morgan fingerprint density at radius 1 is 1.58 bits per heavy atom. The van der Waals surface area contributed by atoms with E-state index in [1.54, 1.807) is 0 Å². The van der Waals surface area contributed by atoms with E-state index in [1.807, 2.05) is 11.8 Å². The Balaban J connectivity index is 0.00000121. The highest BCUT2D eigenvalue weighted by atomic mass is 35.5. The van der Waals surface area contributed by atoms with E-state index in [2.05, 4.69) is 0 Å². The average molecular weight is 193 g/mol. The maximum absolute atomic E-state index is 11.3. The van der Waals surface area contributed by atoms with E-state index in [0.29, 0.717) is 13.0 Å². The van der Waals surface area contributed by atoms with E-state index in [1.165, 1.54) is 0 Å². The lowest BCUT2D eigenvalue weighted by Gasteiger charge is -2.31. The summed E-state index contributed by atoms with van der Waals surface area (Å²) in [6.45, 7) is 3.48. The number of amides is 1. The molecule has 1 atom stereocenters. The summed E-state index contributed by atoms with van der Waals surface area (Å²) in [4.78, 5) is 13.2. The number of carbonyl (C=O) groups is 1. The van der Waals surface area contributed by atoms with Crippen molar-refractivity contribution in [2.24, 2.45) is 5.73 Å². The number of rotatable bonds is 2. The van der Waals surface area contributed by atoms with Crippen LogP contribution in [0.4, 0.5) is 0 Å². The zero-order valence-electron chi connectivity index (χ0n) is 7.45. The maximum Gasteiger partial charge on any atom is 0.222 e. The minimum absolute atomic E-state index is 0. The van der Waals surface area contributed by atoms with Gasteiger partial charge in [0.25, 0.3) is 0 Å². The molecule has 0 radical (unpaired) electrons. The molecular formula is C8H17ClN2O. The van der Waals surface area contributed by atoms with Crippen LogP contribution >= 0.6 is 12.4 Å². The van der Waals surface area contributed by atoms with Crippen molar-refractivity contribution in [2.75, 3.05) is 13.1 Å². The molecule has 1 saturated heterocycles. The first-order chi connectivity index (χ1) is 5.25. The number of likely N-dealkylation sites (tertiary alicyclic amines) is 1. The van der Waals surface area contributed by atoms with E-state index in [-0.39, 0.29) is 24.4 Å². The Labute approximate surface area is 79.7 Å². The lowest BCUT2D eigenvalue weighted by atomic mass is 10.1. The van der Waals surface area contributed by atoms with Gasteiger partial charge in [-0.3, -0.25) is 4.79 Å². The number of hydrogen-bond acceptors (Lipinski definition) is 2. The molecule has 1 unspecified atom stereocenters. The van der Waals surface area contributed by atoms with Crippen LogP contribution in [0, 0.1) is 0 Å². The number of nitrogens with zero attached hydrogens (tertiary/aromatic N) is 1. The van der Waals surface area contributed by atoms with Crippen molar-refractivity contribution >= 4 is 18.3 Å². The standard InChI is InChI=1S/C8H16N2O.ClH/c1-7(6-9)10-5-3-2-4-8(10)11;/h7H,2-6,9H2,1H3;1H. The molecular weight excluding hydrogens is 176 g/mol. The molecule has 0 spiro atoms. The molecule has 72 valence electrons. The molecule has 1 rings (SSSR count). The molecule has 0 bridgehead atoms. The van der Waals surface area contributed by atoms with Gasteiger partial charge in [-0.05, 0) is 19.8 Å². The third-order valence-corrected chi connectivity index (χ3v) is 2.23. The van der Waals surface area contributed by atoms with E-state index < -0.39 is 0 Å². The molecule has 1 heterocycles. The van der Waals surface area contributed by atoms with Gasteiger partial charge in [0, 0.05) is 25.6 Å². The molecule has 0 aliphatic carbocycles. The predicted molar refractivity (Wildman–Crippen MR) is 51.3 cm³/mol. The fourth-order valence-electron chi connectivity index (χ4n) is 1.42. The van der Waals surface area contributed by atoms with Crippen molar-refractivity contribution in [3.05, 3.63) is 0 Å². The molecule has 0 aromatic carbocycles. The van der Waals surface area contributed by atoms with E-state index in [0.717, 1.165) is 19.4 Å². The number of piperidine rings is 1. The lowest BCUT2D eigenvalue weighted by molar-refractivity contribution is -0.135. The summed E-state index contributed by atoms with van der Waals surface area (Å²) in [5.74, 6) is 0.272. The van der Waals surface area contributed by atoms with Crippen molar-refractivity contribution in [1.82, 2.24) is 4.90 Å². The van der Waals surface area contributed by atoms with Crippen LogP contribution in [0.15, 0.2) is 0 Å². The summed E-state index contributed by atoms with van der Waals surface area (Å²) in [5, 5.41) is 0. The molecule has 1 amide bonds. The molecule has 0 saturated carbocycles. The van der Waals surface area contributed by atoms with Gasteiger partial charge in [0.1, 0.15) is 0 Å². The van der Waals surface area contributed by atoms with E-state index in [4.69, 9.17) is 5.73 Å². The van der Waals surface area contributed by atoms with Gasteiger partial charge in [-0.1, -0.05) is 0 Å². The summed E-state index contributed by atoms with van der Waals surface area (Å²) in [6.07, 6.45) is 2.90. The normalized spacial score (nSPS) is 20.2. The summed E-state index contributed by atoms with van der Waals surface area (Å²) in [5.41, 5.74) is 5.47. The van der Waals surface area contributed by atoms with Crippen LogP contribution in [0.5, 0.6) is 0 Å². The largest absolute Gasteiger partial charge is 0.339 e. The summed E-state index contributed by atoms with van der Waals surface area (Å²) in [7, 11) is 0. The second-order valence-corrected chi connectivity index (χ2v) is 3.13. The number of nitrogens with two attached hydrogens (primary N) is 1. The van der Waals surface area contributed by atoms with Gasteiger partial charge in [0.15, 0.2) is 0 Å². The van der Waals surface area contributed by atoms with Gasteiger partial charge in [0.05, 0.1) is 0 Å². The Morgan fingerprint density at radius 2 is 2.25 bits per heavy atom. The fourth-order valence-corrected chi connectivity index (χ4v) is 1.42. The number of carbonyl (C=O) groups excluding carboxylic acids is 1. The van der Waals surface area contributed by atoms with Crippen molar-refractivity contribution in [3.63, 3.8) is 0 Å². The highest BCUT2D eigenvalue weighted by Gasteiger charge is 2.21. The van der Waals surface area contributed by atoms with Gasteiger partial charge < -0.3 is 10.6 Å². The minimum atomic E-state index is 0. The average Bonchev–Trinajstić information content (AvgIpc) is 2.04. The van der Waals surface area contributed by atoms with Crippen molar-refractivity contribution < 1.29 is 4.79 Å². The summed E-state index contributed by atoms with van der Waals surface area (Å²) >= 11 is 0. The first-order valence-electron chi connectivity index (χ1n) is 4.25. The zero-order chi connectivity index (χ0) is 8.27. The Hall–Kier alpha value is -0.280. The van der Waals surface area contributed by atoms with Gasteiger partial charge in [0.2, 0.25) is 5.91 Å². The predicted octanol–water partition coefficient (Wildman–Crippen LogP) is 0.768. The second-order valence-electron chi connectivity index (χ2n) is 3.13. The SMILES string of the molecule is CC(CN)N1CCCCC1=O.Cl. The quantitative estimate of drug-likeness (QED) is 0.703. The van der Waals surface area contributed by atoms with Crippen LogP contribution in [0.25, 0.3) is 0 Å². The highest BCUT2D eigenvalue weighted by Crippen LogP contribution is 2.12. The van der Waals surface area contributed by atoms with Crippen LogP contribution in [0.1, 0.15) is 26.2 Å². The smallest absolute Gasteiger partial charge is 0.222 e. The van der Waals surface area contributed by atoms with Crippen LogP contribution in [-0.4, -0.2) is 29.9 Å². The highest BCUT2D eigenvalue weighted by molar-refractivity contribution is 5.85. The van der Waals surface area contributed by atoms with Gasteiger partial charge in [-0.2, -0.15) is 0 Å². The monoisotopic (exact) mass is 192 g/mol. The maximum atomic E-state index is 11.3. The van der Waals surface area contributed by atoms with E-state index >= 15 is 0 Å². The molecule has 1 fully saturated rings. The third-order valence-electron chi connectivity index (χ3n) is 2.23. The van der Waals surface area contributed by atoms with E-state index in [9.17, 15) is 4.79 Å². The summed E-state index contributed by atoms with van der Waals surface area (Å²) < 4.78 is 0. The molecule has 0 aromatic rings. The fraction of sp³-hybridized carbons (Fsp3) is 0.875. The second kappa shape index (κ2) is 5.38. The molecule has 3 nitrogen and oxygen atoms in total. The first-order valence-corrected chi connectivity index (χ1v) is 4.25. The van der Waals surface area contributed by atoms with Crippen LogP contribution in [0.2, 0.25) is 0 Å². The third kappa shape index (κ3) is 2.64. The Morgan fingerprint density at radius 3 is 2.75 bits per heavy atom. The van der Waals surface area contributed by atoms with Crippen LogP contribution in [-0.2, 0) is 4.79 Å². The molecule has 4 heteroatoms. The Kier molecular flexibility index (Phi) is 5.25. The van der Waals surface area contributed by atoms with Gasteiger partial charge in [-0.15, -0.1) is 12.4 Å². The van der Waals surface area contributed by atoms with Gasteiger partial charge >= 0.3 is 0 Å². The van der Waals surface area contributed by atoms with Crippen molar-refractivity contribution in [2.45, 2.75) is 32.2 Å². The lowest BCUT2D eigenvalue weighted by Crippen LogP contribution is -2.45. The molecule has 12 heavy (non-hydrogen) atoms. The molecule has 1 aliphatic heterocycles. The number of halogens is 1. The molecule has 2 N–H and O–H groups in total. The topological polar surface area (TPSA) is 46.3 Å². The molecule has 0 aromatic heterocycles. The number of hydrogen-bond donors (Lipinski definition) is 1. The zero-order valence-corrected chi connectivity index (χ0v) is 8.27. The summed E-state index contributed by atoms with van der Waals surface area (Å²) in [6, 6.07) is 0.225. The van der Waals surface area contributed by atoms with Crippen LogP contribution in [0.3, 0.4) is 0 Å². The van der Waals surface area contributed by atoms with Gasteiger partial charge in [-0.25, -0.2) is 0 Å². The van der Waals surface area contributed by atoms with Crippen molar-refractivity contribution in [3.8, 4) is 0 Å². The minimum Gasteiger partial charge on any atom is -0.339 e. The molecule has 1 aliphatic rings.